The molecule has 9 nitrogen and oxygen atoms in total. The summed E-state index contributed by atoms with van der Waals surface area (Å²) < 4.78 is 5.26. The lowest BCUT2D eigenvalue weighted by atomic mass is 9.94. The van der Waals surface area contributed by atoms with E-state index in [-0.39, 0.29) is 36.5 Å². The second kappa shape index (κ2) is 9.05. The van der Waals surface area contributed by atoms with Crippen molar-refractivity contribution in [2.24, 2.45) is 5.73 Å². The van der Waals surface area contributed by atoms with Crippen molar-refractivity contribution in [1.29, 1.82) is 0 Å². The molecule has 31 heavy (non-hydrogen) atoms. The lowest BCUT2D eigenvalue weighted by Crippen LogP contribution is -2.45. The number of nitrogens with one attached hydrogen (secondary N) is 1. The van der Waals surface area contributed by atoms with Crippen molar-refractivity contribution >= 4 is 29.6 Å². The molecule has 0 spiro atoms. The molecule has 0 atom stereocenters. The van der Waals surface area contributed by atoms with Crippen molar-refractivity contribution in [3.8, 4) is 0 Å². The van der Waals surface area contributed by atoms with E-state index in [0.29, 0.717) is 11.3 Å². The first-order chi connectivity index (χ1) is 14.6. The lowest BCUT2D eigenvalue weighted by molar-refractivity contribution is 0.0336. The molecule has 1 aromatic carbocycles. The molecule has 168 valence electrons. The molecule has 3 rings (SSSR count). The van der Waals surface area contributed by atoms with E-state index in [1.54, 1.807) is 26.8 Å². The van der Waals surface area contributed by atoms with Gasteiger partial charge in [-0.15, -0.1) is 0 Å². The zero-order chi connectivity index (χ0) is 22.8. The standard InChI is InChI=1S/C22H30N4O5/c1-22(2,3)31-21(30)25(12-11-23)20(29)24-14-9-10-16-17(13-14)19(28)26(18(16)27)15-7-5-4-6-8-15/h9-10,13,15H,4-8,11-12,23H2,1-3H3,(H,24,29). The Hall–Kier alpha value is -2.94. The van der Waals surface area contributed by atoms with E-state index in [1.807, 2.05) is 0 Å². The van der Waals surface area contributed by atoms with Crippen LogP contribution in [0, 0.1) is 0 Å². The number of benzene rings is 1. The minimum atomic E-state index is -0.814. The number of carbonyl (C=O) groups excluding carboxylic acids is 4. The van der Waals surface area contributed by atoms with Crippen LogP contribution in [0.25, 0.3) is 0 Å². The average molecular weight is 431 g/mol. The maximum absolute atomic E-state index is 12.9. The molecule has 0 aromatic heterocycles. The quantitative estimate of drug-likeness (QED) is 0.707. The van der Waals surface area contributed by atoms with E-state index in [4.69, 9.17) is 10.5 Å². The molecule has 3 N–H and O–H groups in total. The fraction of sp³-hybridized carbons (Fsp3) is 0.545. The summed E-state index contributed by atoms with van der Waals surface area (Å²) in [4.78, 5) is 53.0. The van der Waals surface area contributed by atoms with Crippen molar-refractivity contribution in [2.75, 3.05) is 18.4 Å². The van der Waals surface area contributed by atoms with Crippen molar-refractivity contribution < 1.29 is 23.9 Å². The van der Waals surface area contributed by atoms with Gasteiger partial charge in [0, 0.05) is 24.8 Å². The molecule has 0 saturated heterocycles. The maximum atomic E-state index is 12.9. The Kier molecular flexibility index (Phi) is 6.64. The second-order valence-electron chi connectivity index (χ2n) is 8.88. The largest absolute Gasteiger partial charge is 0.443 e. The van der Waals surface area contributed by atoms with Gasteiger partial charge in [-0.25, -0.2) is 14.5 Å². The highest BCUT2D eigenvalue weighted by Crippen LogP contribution is 2.32. The van der Waals surface area contributed by atoms with Gasteiger partial charge in [-0.3, -0.25) is 14.5 Å². The minimum Gasteiger partial charge on any atom is -0.443 e. The van der Waals surface area contributed by atoms with Gasteiger partial charge in [0.15, 0.2) is 0 Å². The van der Waals surface area contributed by atoms with E-state index >= 15 is 0 Å². The number of urea groups is 1. The molecule has 9 heteroatoms. The highest BCUT2D eigenvalue weighted by molar-refractivity contribution is 6.22. The predicted molar refractivity (Wildman–Crippen MR) is 115 cm³/mol. The monoisotopic (exact) mass is 430 g/mol. The van der Waals surface area contributed by atoms with Gasteiger partial charge >= 0.3 is 12.1 Å². The number of imide groups is 2. The molecule has 0 radical (unpaired) electrons. The van der Waals surface area contributed by atoms with Gasteiger partial charge in [0.2, 0.25) is 0 Å². The Morgan fingerprint density at radius 2 is 1.77 bits per heavy atom. The Labute approximate surface area is 181 Å². The zero-order valence-electron chi connectivity index (χ0n) is 18.3. The van der Waals surface area contributed by atoms with Crippen molar-refractivity contribution in [3.05, 3.63) is 29.3 Å². The minimum absolute atomic E-state index is 0.0292. The number of nitrogens with two attached hydrogens (primary N) is 1. The number of anilines is 1. The fourth-order valence-electron chi connectivity index (χ4n) is 3.92. The van der Waals surface area contributed by atoms with Gasteiger partial charge in [-0.1, -0.05) is 19.3 Å². The smallest absolute Gasteiger partial charge is 0.418 e. The molecular weight excluding hydrogens is 400 g/mol. The first-order valence-corrected chi connectivity index (χ1v) is 10.7. The summed E-state index contributed by atoms with van der Waals surface area (Å²) >= 11 is 0. The lowest BCUT2D eigenvalue weighted by Gasteiger charge is -2.29. The van der Waals surface area contributed by atoms with Gasteiger partial charge in [0.25, 0.3) is 11.8 Å². The maximum Gasteiger partial charge on any atom is 0.418 e. The van der Waals surface area contributed by atoms with Crippen LogP contribution in [0.2, 0.25) is 0 Å². The molecule has 1 aliphatic heterocycles. The number of rotatable bonds is 4. The highest BCUT2D eigenvalue weighted by Gasteiger charge is 2.40. The summed E-state index contributed by atoms with van der Waals surface area (Å²) in [7, 11) is 0. The second-order valence-corrected chi connectivity index (χ2v) is 8.88. The number of carbonyl (C=O) groups is 4. The number of hydrogen-bond donors (Lipinski definition) is 2. The molecule has 1 aromatic rings. The zero-order valence-corrected chi connectivity index (χ0v) is 18.3. The Balaban J connectivity index is 1.76. The van der Waals surface area contributed by atoms with Crippen LogP contribution < -0.4 is 11.1 Å². The number of ether oxygens (including phenoxy) is 1. The Morgan fingerprint density at radius 1 is 1.13 bits per heavy atom. The van der Waals surface area contributed by atoms with Crippen molar-refractivity contribution in [3.63, 3.8) is 0 Å². The van der Waals surface area contributed by atoms with Gasteiger partial charge in [0.05, 0.1) is 11.1 Å². The van der Waals surface area contributed by atoms with Crippen LogP contribution in [-0.2, 0) is 4.74 Å². The molecule has 0 unspecified atom stereocenters. The summed E-state index contributed by atoms with van der Waals surface area (Å²) in [5.41, 5.74) is 5.67. The number of hydrogen-bond acceptors (Lipinski definition) is 6. The van der Waals surface area contributed by atoms with Crippen LogP contribution >= 0.6 is 0 Å². The predicted octanol–water partition coefficient (Wildman–Crippen LogP) is 3.34. The van der Waals surface area contributed by atoms with Crippen LogP contribution in [0.15, 0.2) is 18.2 Å². The van der Waals surface area contributed by atoms with Crippen LogP contribution in [0.5, 0.6) is 0 Å². The Bertz CT molecular complexity index is 886. The number of amides is 5. The van der Waals surface area contributed by atoms with Crippen LogP contribution in [-0.4, -0.2) is 58.5 Å². The van der Waals surface area contributed by atoms with Crippen molar-refractivity contribution in [2.45, 2.75) is 64.5 Å². The average Bonchev–Trinajstić information content (AvgIpc) is 2.95. The van der Waals surface area contributed by atoms with E-state index in [0.717, 1.165) is 37.0 Å². The molecule has 1 heterocycles. The van der Waals surface area contributed by atoms with Crippen LogP contribution in [0.4, 0.5) is 15.3 Å². The van der Waals surface area contributed by atoms with Gasteiger partial charge < -0.3 is 15.8 Å². The van der Waals surface area contributed by atoms with Crippen molar-refractivity contribution in [1.82, 2.24) is 9.80 Å². The molecular formula is C22H30N4O5. The number of fused-ring (bicyclic) bond motifs is 1. The molecule has 1 aliphatic carbocycles. The van der Waals surface area contributed by atoms with E-state index in [1.165, 1.54) is 17.0 Å². The molecule has 1 fully saturated rings. The third-order valence-electron chi connectivity index (χ3n) is 5.32. The first-order valence-electron chi connectivity index (χ1n) is 10.7. The van der Waals surface area contributed by atoms with E-state index in [2.05, 4.69) is 5.32 Å². The molecule has 5 amide bonds. The molecule has 0 bridgehead atoms. The summed E-state index contributed by atoms with van der Waals surface area (Å²) in [6.07, 6.45) is 3.94. The topological polar surface area (TPSA) is 122 Å². The van der Waals surface area contributed by atoms with E-state index < -0.39 is 17.7 Å². The summed E-state index contributed by atoms with van der Waals surface area (Å²) in [5.74, 6) is -0.628. The summed E-state index contributed by atoms with van der Waals surface area (Å²) in [6, 6.07) is 3.76. The SMILES string of the molecule is CC(C)(C)OC(=O)N(CCN)C(=O)Nc1ccc2c(c1)C(=O)N(C1CCCCC1)C2=O. The number of nitrogens with zero attached hydrogens (tertiary/aromatic N) is 2. The van der Waals surface area contributed by atoms with E-state index in [9.17, 15) is 19.2 Å². The van der Waals surface area contributed by atoms with Gasteiger partial charge in [-0.2, -0.15) is 0 Å². The first kappa shape index (κ1) is 22.7. The third-order valence-corrected chi connectivity index (χ3v) is 5.32. The van der Waals surface area contributed by atoms with Crippen LogP contribution in [0.1, 0.15) is 73.6 Å². The van der Waals surface area contributed by atoms with Gasteiger partial charge in [0.1, 0.15) is 5.60 Å². The Morgan fingerprint density at radius 3 is 2.39 bits per heavy atom. The molecule has 1 saturated carbocycles. The molecule has 2 aliphatic rings. The highest BCUT2D eigenvalue weighted by atomic mass is 16.6. The third kappa shape index (κ3) is 5.04. The van der Waals surface area contributed by atoms with Crippen LogP contribution in [0.3, 0.4) is 0 Å². The normalized spacial score (nSPS) is 16.8. The van der Waals surface area contributed by atoms with Gasteiger partial charge in [-0.05, 0) is 51.8 Å². The fourth-order valence-corrected chi connectivity index (χ4v) is 3.92. The summed E-state index contributed by atoms with van der Waals surface area (Å²) in [5, 5.41) is 2.60. The summed E-state index contributed by atoms with van der Waals surface area (Å²) in [6.45, 7) is 5.14.